The van der Waals surface area contributed by atoms with Crippen LogP contribution in [0, 0.1) is 19.3 Å². The number of hydrogen-bond donors (Lipinski definition) is 2. The molecule has 0 aliphatic heterocycles. The summed E-state index contributed by atoms with van der Waals surface area (Å²) in [6.07, 6.45) is 4.58. The second kappa shape index (κ2) is 11.8. The number of halogens is 1. The van der Waals surface area contributed by atoms with Crippen molar-refractivity contribution in [3.05, 3.63) is 17.0 Å². The van der Waals surface area contributed by atoms with Crippen molar-refractivity contribution in [3.63, 3.8) is 0 Å². The highest BCUT2D eigenvalue weighted by Crippen LogP contribution is 2.21. The van der Waals surface area contributed by atoms with Gasteiger partial charge in [-0.25, -0.2) is 0 Å². The maximum Gasteiger partial charge on any atom is 0.191 e. The van der Waals surface area contributed by atoms with Gasteiger partial charge >= 0.3 is 0 Å². The van der Waals surface area contributed by atoms with Crippen molar-refractivity contribution in [2.75, 3.05) is 13.1 Å². The molecule has 1 heterocycles. The van der Waals surface area contributed by atoms with Crippen LogP contribution in [0.1, 0.15) is 70.8 Å². The molecule has 0 bridgehead atoms. The van der Waals surface area contributed by atoms with Crippen LogP contribution in [0.3, 0.4) is 0 Å². The Hall–Kier alpha value is -0.790. The van der Waals surface area contributed by atoms with Gasteiger partial charge in [0, 0.05) is 31.9 Å². The second-order valence-electron chi connectivity index (χ2n) is 8.30. The summed E-state index contributed by atoms with van der Waals surface area (Å²) in [6, 6.07) is 0.314. The molecular weight excluding hydrogens is 437 g/mol. The summed E-state index contributed by atoms with van der Waals surface area (Å²) in [5, 5.41) is 11.4. The first-order valence-electron chi connectivity index (χ1n) is 9.68. The smallest absolute Gasteiger partial charge is 0.191 e. The molecule has 1 rings (SSSR count). The molecule has 0 saturated carbocycles. The van der Waals surface area contributed by atoms with Crippen LogP contribution >= 0.6 is 24.0 Å². The average molecular weight is 477 g/mol. The fourth-order valence-electron chi connectivity index (χ4n) is 2.98. The monoisotopic (exact) mass is 477 g/mol. The first-order chi connectivity index (χ1) is 11.6. The standard InChI is InChI=1S/C20H39N5.HI/c1-9-21-19(22-13-11-10-12-20(5,6)7)23-15(2)14-18-16(3)24-25(8)17(18)4;/h15H,9-14H2,1-8H3,(H2,21,22,23);1H. The quantitative estimate of drug-likeness (QED) is 0.253. The van der Waals surface area contributed by atoms with E-state index in [-0.39, 0.29) is 24.0 Å². The van der Waals surface area contributed by atoms with E-state index in [0.29, 0.717) is 11.5 Å². The Balaban J connectivity index is 0.00000625. The van der Waals surface area contributed by atoms with Crippen molar-refractivity contribution < 1.29 is 0 Å². The summed E-state index contributed by atoms with van der Waals surface area (Å²) >= 11 is 0. The van der Waals surface area contributed by atoms with E-state index in [1.807, 2.05) is 11.7 Å². The molecule has 0 aromatic carbocycles. The van der Waals surface area contributed by atoms with Crippen LogP contribution in [0.4, 0.5) is 0 Å². The van der Waals surface area contributed by atoms with Gasteiger partial charge in [0.05, 0.1) is 5.69 Å². The molecule has 1 aromatic rings. The summed E-state index contributed by atoms with van der Waals surface area (Å²) in [4.78, 5) is 4.74. The lowest BCUT2D eigenvalue weighted by Crippen LogP contribution is -2.43. The Morgan fingerprint density at radius 3 is 2.38 bits per heavy atom. The number of nitrogens with one attached hydrogen (secondary N) is 2. The number of rotatable bonds is 8. The SMILES string of the molecule is CCNC(=NCCCCC(C)(C)C)NC(C)Cc1c(C)nn(C)c1C.I. The summed E-state index contributed by atoms with van der Waals surface area (Å²) in [5.41, 5.74) is 4.12. The zero-order valence-electron chi connectivity index (χ0n) is 18.1. The Morgan fingerprint density at radius 2 is 1.88 bits per heavy atom. The minimum atomic E-state index is 0. The van der Waals surface area contributed by atoms with Crippen molar-refractivity contribution in [1.82, 2.24) is 20.4 Å². The number of guanidine groups is 1. The lowest BCUT2D eigenvalue weighted by Gasteiger charge is -2.19. The molecule has 0 aliphatic carbocycles. The number of aromatic nitrogens is 2. The fourth-order valence-corrected chi connectivity index (χ4v) is 2.98. The van der Waals surface area contributed by atoms with E-state index >= 15 is 0 Å². The molecule has 1 atom stereocenters. The molecule has 1 unspecified atom stereocenters. The van der Waals surface area contributed by atoms with Gasteiger partial charge in [-0.15, -0.1) is 24.0 Å². The van der Waals surface area contributed by atoms with Gasteiger partial charge in [0.1, 0.15) is 0 Å². The van der Waals surface area contributed by atoms with E-state index in [9.17, 15) is 0 Å². The zero-order chi connectivity index (χ0) is 19.0. The molecule has 0 fully saturated rings. The number of nitrogens with zero attached hydrogens (tertiary/aromatic N) is 3. The second-order valence-corrected chi connectivity index (χ2v) is 8.30. The summed E-state index contributed by atoms with van der Waals surface area (Å²) in [5.74, 6) is 0.921. The maximum atomic E-state index is 4.74. The lowest BCUT2D eigenvalue weighted by molar-refractivity contribution is 0.361. The van der Waals surface area contributed by atoms with Crippen LogP contribution in [0.25, 0.3) is 0 Å². The Morgan fingerprint density at radius 1 is 1.23 bits per heavy atom. The van der Waals surface area contributed by atoms with E-state index in [1.54, 1.807) is 0 Å². The van der Waals surface area contributed by atoms with Crippen LogP contribution in [-0.4, -0.2) is 34.9 Å². The van der Waals surface area contributed by atoms with E-state index in [2.05, 4.69) is 64.2 Å². The van der Waals surface area contributed by atoms with Crippen molar-refractivity contribution in [1.29, 1.82) is 0 Å². The van der Waals surface area contributed by atoms with Gasteiger partial charge in [-0.2, -0.15) is 5.10 Å². The van der Waals surface area contributed by atoms with Gasteiger partial charge in [0.15, 0.2) is 5.96 Å². The van der Waals surface area contributed by atoms with Gasteiger partial charge in [0.2, 0.25) is 0 Å². The number of aryl methyl sites for hydroxylation is 2. The van der Waals surface area contributed by atoms with Gasteiger partial charge < -0.3 is 10.6 Å². The van der Waals surface area contributed by atoms with Crippen LogP contribution in [0.15, 0.2) is 4.99 Å². The highest BCUT2D eigenvalue weighted by Gasteiger charge is 2.14. The van der Waals surface area contributed by atoms with Crippen molar-refractivity contribution >= 4 is 29.9 Å². The number of unbranched alkanes of at least 4 members (excludes halogenated alkanes) is 1. The van der Waals surface area contributed by atoms with Gasteiger partial charge in [-0.05, 0) is 57.9 Å². The van der Waals surface area contributed by atoms with Crippen molar-refractivity contribution in [2.24, 2.45) is 17.5 Å². The zero-order valence-corrected chi connectivity index (χ0v) is 20.4. The maximum absolute atomic E-state index is 4.74. The summed E-state index contributed by atoms with van der Waals surface area (Å²) < 4.78 is 1.96. The van der Waals surface area contributed by atoms with E-state index in [1.165, 1.54) is 24.1 Å². The van der Waals surface area contributed by atoms with Crippen molar-refractivity contribution in [2.45, 2.75) is 80.2 Å². The third-order valence-electron chi connectivity index (χ3n) is 4.50. The molecule has 0 aliphatic rings. The Labute approximate surface area is 177 Å². The molecule has 6 heteroatoms. The van der Waals surface area contributed by atoms with Crippen LogP contribution in [0.5, 0.6) is 0 Å². The Kier molecular flexibility index (Phi) is 11.5. The molecule has 0 saturated heterocycles. The van der Waals surface area contributed by atoms with Gasteiger partial charge in [-0.3, -0.25) is 9.67 Å². The van der Waals surface area contributed by atoms with Crippen LogP contribution in [0.2, 0.25) is 0 Å². The first kappa shape index (κ1) is 25.2. The minimum absolute atomic E-state index is 0. The molecule has 0 spiro atoms. The fraction of sp³-hybridized carbons (Fsp3) is 0.800. The number of aliphatic imine (C=N–C) groups is 1. The van der Waals surface area contributed by atoms with E-state index in [4.69, 9.17) is 4.99 Å². The molecule has 5 nitrogen and oxygen atoms in total. The van der Waals surface area contributed by atoms with E-state index < -0.39 is 0 Å². The third kappa shape index (κ3) is 9.24. The molecule has 0 amide bonds. The average Bonchev–Trinajstić information content (AvgIpc) is 2.72. The predicted octanol–water partition coefficient (Wildman–Crippen LogP) is 4.36. The predicted molar refractivity (Wildman–Crippen MR) is 124 cm³/mol. The highest BCUT2D eigenvalue weighted by molar-refractivity contribution is 14.0. The minimum Gasteiger partial charge on any atom is -0.357 e. The topological polar surface area (TPSA) is 54.2 Å². The normalized spacial score (nSPS) is 13.3. The molecular formula is C20H40IN5. The summed E-state index contributed by atoms with van der Waals surface area (Å²) in [7, 11) is 2.01. The summed E-state index contributed by atoms with van der Waals surface area (Å²) in [6.45, 7) is 17.2. The highest BCUT2D eigenvalue weighted by atomic mass is 127. The van der Waals surface area contributed by atoms with Crippen molar-refractivity contribution in [3.8, 4) is 0 Å². The third-order valence-corrected chi connectivity index (χ3v) is 4.50. The molecule has 152 valence electrons. The lowest BCUT2D eigenvalue weighted by atomic mass is 9.90. The van der Waals surface area contributed by atoms with E-state index in [0.717, 1.165) is 37.6 Å². The molecule has 26 heavy (non-hydrogen) atoms. The first-order valence-corrected chi connectivity index (χ1v) is 9.68. The molecule has 2 N–H and O–H groups in total. The van der Waals surface area contributed by atoms with Crippen LogP contribution in [-0.2, 0) is 13.5 Å². The Bertz CT molecular complexity index is 557. The largest absolute Gasteiger partial charge is 0.357 e. The number of hydrogen-bond acceptors (Lipinski definition) is 2. The molecule has 1 aromatic heterocycles. The molecule has 0 radical (unpaired) electrons. The van der Waals surface area contributed by atoms with Crippen LogP contribution < -0.4 is 10.6 Å². The van der Waals surface area contributed by atoms with Gasteiger partial charge in [-0.1, -0.05) is 27.2 Å². The van der Waals surface area contributed by atoms with Gasteiger partial charge in [0.25, 0.3) is 0 Å².